The number of nitriles is 1. The largest absolute Gasteiger partial charge is 0.379 e. The number of methoxy groups -OCH3 is 1. The summed E-state index contributed by atoms with van der Waals surface area (Å²) in [5, 5.41) is 8.78. The van der Waals surface area contributed by atoms with E-state index in [1.165, 1.54) is 0 Å². The first-order valence-electron chi connectivity index (χ1n) is 9.32. The van der Waals surface area contributed by atoms with Crippen LogP contribution < -0.4 is 0 Å². The van der Waals surface area contributed by atoms with Crippen molar-refractivity contribution in [3.05, 3.63) is 0 Å². The second kappa shape index (κ2) is 10.2. The van der Waals surface area contributed by atoms with Crippen LogP contribution in [-0.2, 0) is 27.8 Å². The Kier molecular flexibility index (Phi) is 8.56. The molecule has 0 aromatic carbocycles. The molecule has 0 aliphatic carbocycles. The average molecular weight is 389 g/mol. The van der Waals surface area contributed by atoms with E-state index < -0.39 is 7.57 Å². The van der Waals surface area contributed by atoms with E-state index >= 15 is 0 Å². The van der Waals surface area contributed by atoms with E-state index in [0.717, 1.165) is 19.3 Å². The third-order valence-corrected chi connectivity index (χ3v) is 6.42. The highest BCUT2D eigenvalue weighted by Gasteiger charge is 2.38. The first kappa shape index (κ1) is 21.8. The van der Waals surface area contributed by atoms with E-state index in [2.05, 4.69) is 19.3 Å². The van der Waals surface area contributed by atoms with Gasteiger partial charge in [0.05, 0.1) is 56.2 Å². The second-order valence-corrected chi connectivity index (χ2v) is 8.87. The van der Waals surface area contributed by atoms with Crippen LogP contribution in [0.4, 0.5) is 0 Å². The number of rotatable bonds is 10. The fourth-order valence-corrected chi connectivity index (χ4v) is 5.00. The fraction of sp³-hybridized carbons (Fsp3) is 0.889. The second-order valence-electron chi connectivity index (χ2n) is 6.92. The lowest BCUT2D eigenvalue weighted by Gasteiger charge is -2.30. The van der Waals surface area contributed by atoms with E-state index in [1.54, 1.807) is 7.11 Å². The highest BCUT2D eigenvalue weighted by atomic mass is 31.2. The van der Waals surface area contributed by atoms with Gasteiger partial charge in [-0.3, -0.25) is 0 Å². The SMILES string of the molecule is C=P(OCCC#N)(OC[C@H]1O[C@@H](C)C[C@H]1OC)O[C@@H]1C[C@H](C)O[C@@H]1CC. The zero-order valence-corrected chi connectivity index (χ0v) is 17.2. The third kappa shape index (κ3) is 6.03. The minimum absolute atomic E-state index is 0.00349. The lowest BCUT2D eigenvalue weighted by Crippen LogP contribution is -2.29. The maximum atomic E-state index is 8.78. The quantitative estimate of drug-likeness (QED) is 0.419. The molecule has 2 heterocycles. The summed E-state index contributed by atoms with van der Waals surface area (Å²) in [5.41, 5.74) is 0. The molecule has 0 bridgehead atoms. The average Bonchev–Trinajstić information content (AvgIpc) is 3.14. The van der Waals surface area contributed by atoms with Crippen molar-refractivity contribution in [2.75, 3.05) is 20.3 Å². The van der Waals surface area contributed by atoms with E-state index in [0.29, 0.717) is 0 Å². The van der Waals surface area contributed by atoms with Gasteiger partial charge in [0.15, 0.2) is 0 Å². The smallest absolute Gasteiger partial charge is 0.251 e. The lowest BCUT2D eigenvalue weighted by atomic mass is 10.1. The minimum Gasteiger partial charge on any atom is -0.379 e. The molecular formula is C18H32NO6P. The molecule has 150 valence electrons. The van der Waals surface area contributed by atoms with Crippen molar-refractivity contribution in [3.8, 4) is 6.07 Å². The fourth-order valence-electron chi connectivity index (χ4n) is 3.43. The van der Waals surface area contributed by atoms with E-state index in [-0.39, 0.29) is 56.3 Å². The van der Waals surface area contributed by atoms with Crippen LogP contribution in [0.15, 0.2) is 0 Å². The molecule has 0 radical (unpaired) electrons. The molecule has 26 heavy (non-hydrogen) atoms. The maximum Gasteiger partial charge on any atom is 0.251 e. The molecule has 0 aromatic rings. The van der Waals surface area contributed by atoms with Gasteiger partial charge in [0, 0.05) is 20.0 Å². The van der Waals surface area contributed by atoms with Gasteiger partial charge in [-0.05, 0) is 26.6 Å². The van der Waals surface area contributed by atoms with Crippen LogP contribution in [0, 0.1) is 11.3 Å². The van der Waals surface area contributed by atoms with Crippen molar-refractivity contribution >= 4 is 13.9 Å². The first-order valence-corrected chi connectivity index (χ1v) is 11.0. The standard InChI is InChI=1S/C18H32NO6P/c1-6-15-17(11-14(3)23-15)25-26(5,21-9-7-8-19)22-12-18-16(20-4)10-13(2)24-18/h13-18H,5-7,9-12H2,1-4H3/t13-,14-,15+,16+,17+,18+,26?/m0/s1. The lowest BCUT2D eigenvalue weighted by molar-refractivity contribution is -0.0341. The van der Waals surface area contributed by atoms with Gasteiger partial charge in [-0.25, -0.2) is 0 Å². The molecule has 0 N–H and O–H groups in total. The Hall–Kier alpha value is -0.450. The molecule has 2 aliphatic rings. The molecular weight excluding hydrogens is 357 g/mol. The summed E-state index contributed by atoms with van der Waals surface area (Å²) in [6.45, 7) is 6.62. The van der Waals surface area contributed by atoms with Crippen LogP contribution in [0.25, 0.3) is 0 Å². The maximum absolute atomic E-state index is 8.78. The highest BCUT2D eigenvalue weighted by molar-refractivity contribution is 7.59. The molecule has 8 heteroatoms. The van der Waals surface area contributed by atoms with Crippen LogP contribution in [0.1, 0.15) is 46.5 Å². The monoisotopic (exact) mass is 389 g/mol. The van der Waals surface area contributed by atoms with Crippen molar-refractivity contribution < 1.29 is 27.8 Å². The summed E-state index contributed by atoms with van der Waals surface area (Å²) >= 11 is 0. The topological polar surface area (TPSA) is 79.2 Å². The minimum atomic E-state index is -2.85. The number of nitrogens with zero attached hydrogens (tertiary/aromatic N) is 1. The zero-order chi connectivity index (χ0) is 19.2. The van der Waals surface area contributed by atoms with Crippen LogP contribution in [0.5, 0.6) is 0 Å². The summed E-state index contributed by atoms with van der Waals surface area (Å²) in [7, 11) is -1.18. The Labute approximate surface area is 157 Å². The Bertz CT molecular complexity index is 524. The van der Waals surface area contributed by atoms with Gasteiger partial charge in [0.25, 0.3) is 7.57 Å². The molecule has 2 rings (SSSR count). The van der Waals surface area contributed by atoms with Crippen molar-refractivity contribution in [1.29, 1.82) is 5.26 Å². The van der Waals surface area contributed by atoms with Crippen LogP contribution in [0.3, 0.4) is 0 Å². The Balaban J connectivity index is 1.99. The summed E-state index contributed by atoms with van der Waals surface area (Å²) < 4.78 is 35.2. The predicted octanol–water partition coefficient (Wildman–Crippen LogP) is 3.29. The molecule has 2 aliphatic heterocycles. The van der Waals surface area contributed by atoms with Gasteiger partial charge < -0.3 is 27.8 Å². The predicted molar refractivity (Wildman–Crippen MR) is 100 cm³/mol. The normalized spacial score (nSPS) is 36.7. The molecule has 7 nitrogen and oxygen atoms in total. The van der Waals surface area contributed by atoms with Gasteiger partial charge in [-0.1, -0.05) is 6.92 Å². The summed E-state index contributed by atoms with van der Waals surface area (Å²) in [4.78, 5) is 0. The third-order valence-electron chi connectivity index (χ3n) is 4.71. The van der Waals surface area contributed by atoms with Crippen molar-refractivity contribution in [2.24, 2.45) is 0 Å². The molecule has 1 unspecified atom stereocenters. The van der Waals surface area contributed by atoms with Gasteiger partial charge in [-0.15, -0.1) is 0 Å². The molecule has 2 fully saturated rings. The van der Waals surface area contributed by atoms with Crippen molar-refractivity contribution in [3.63, 3.8) is 0 Å². The summed E-state index contributed by atoms with van der Waals surface area (Å²) in [6.07, 6.45) is 6.77. The summed E-state index contributed by atoms with van der Waals surface area (Å²) in [5.74, 6) is 0. The Morgan fingerprint density at radius 3 is 2.38 bits per heavy atom. The molecule has 0 amide bonds. The number of hydrogen-bond donors (Lipinski definition) is 0. The summed E-state index contributed by atoms with van der Waals surface area (Å²) in [6, 6.07) is 2.06. The van der Waals surface area contributed by atoms with Gasteiger partial charge in [0.2, 0.25) is 0 Å². The van der Waals surface area contributed by atoms with Gasteiger partial charge in [0.1, 0.15) is 6.10 Å². The van der Waals surface area contributed by atoms with Gasteiger partial charge in [-0.2, -0.15) is 5.26 Å². The van der Waals surface area contributed by atoms with Crippen LogP contribution >= 0.6 is 7.57 Å². The van der Waals surface area contributed by atoms with Crippen molar-refractivity contribution in [1.82, 2.24) is 0 Å². The van der Waals surface area contributed by atoms with E-state index in [4.69, 9.17) is 33.0 Å². The first-order chi connectivity index (χ1) is 12.4. The number of hydrogen-bond acceptors (Lipinski definition) is 7. The Morgan fingerprint density at radius 2 is 1.77 bits per heavy atom. The zero-order valence-electron chi connectivity index (χ0n) is 16.3. The molecule has 0 aromatic heterocycles. The van der Waals surface area contributed by atoms with Crippen LogP contribution in [-0.4, -0.2) is 63.2 Å². The van der Waals surface area contributed by atoms with Gasteiger partial charge >= 0.3 is 0 Å². The molecule has 7 atom stereocenters. The highest BCUT2D eigenvalue weighted by Crippen LogP contribution is 2.52. The van der Waals surface area contributed by atoms with Crippen molar-refractivity contribution in [2.45, 2.75) is 83.1 Å². The Morgan fingerprint density at radius 1 is 1.12 bits per heavy atom. The van der Waals surface area contributed by atoms with E-state index in [1.807, 2.05) is 13.8 Å². The van der Waals surface area contributed by atoms with E-state index in [9.17, 15) is 0 Å². The molecule has 0 spiro atoms. The number of ether oxygens (including phenoxy) is 3. The molecule has 2 saturated heterocycles. The van der Waals surface area contributed by atoms with Crippen LogP contribution in [0.2, 0.25) is 0 Å². The molecule has 0 saturated carbocycles.